The zero-order chi connectivity index (χ0) is 18.2. The molecule has 7 heteroatoms. The Balaban J connectivity index is 2.03. The predicted octanol–water partition coefficient (Wildman–Crippen LogP) is 1.34. The van der Waals surface area contributed by atoms with E-state index in [1.54, 1.807) is 0 Å². The van der Waals surface area contributed by atoms with Crippen LogP contribution in [-0.4, -0.2) is 30.4 Å². The summed E-state index contributed by atoms with van der Waals surface area (Å²) in [6.07, 6.45) is 1.02. The van der Waals surface area contributed by atoms with Crippen molar-refractivity contribution >= 4 is 34.2 Å². The molecule has 0 saturated heterocycles. The normalized spacial score (nSPS) is 11.6. The summed E-state index contributed by atoms with van der Waals surface area (Å²) in [5.74, 6) is -0.521. The molecule has 0 aliphatic rings. The molecule has 132 valence electrons. The lowest BCUT2D eigenvalue weighted by molar-refractivity contribution is -0.125. The molecule has 2 amide bonds. The summed E-state index contributed by atoms with van der Waals surface area (Å²) in [5, 5.41) is 7.64. The van der Waals surface area contributed by atoms with E-state index in [-0.39, 0.29) is 17.8 Å². The molecule has 7 nitrogen and oxygen atoms in total. The van der Waals surface area contributed by atoms with Crippen LogP contribution in [0.1, 0.15) is 19.8 Å². The molecule has 2 aromatic carbocycles. The number of nitrogens with zero attached hydrogens (tertiary/aromatic N) is 1. The first kappa shape index (κ1) is 18.3. The van der Waals surface area contributed by atoms with Crippen molar-refractivity contribution in [2.24, 2.45) is 16.5 Å². The van der Waals surface area contributed by atoms with Crippen LogP contribution >= 0.6 is 0 Å². The molecule has 0 heterocycles. The van der Waals surface area contributed by atoms with Crippen LogP contribution in [0.2, 0.25) is 0 Å². The highest BCUT2D eigenvalue weighted by Crippen LogP contribution is 2.19. The lowest BCUT2D eigenvalue weighted by Crippen LogP contribution is -2.43. The fourth-order valence-electron chi connectivity index (χ4n) is 2.51. The number of hydrogen-bond donors (Lipinski definition) is 4. The Kier molecular flexibility index (Phi) is 6.33. The molecular formula is C18H23N5O2. The van der Waals surface area contributed by atoms with Gasteiger partial charge in [0.15, 0.2) is 5.96 Å². The summed E-state index contributed by atoms with van der Waals surface area (Å²) in [5.41, 5.74) is 11.2. The van der Waals surface area contributed by atoms with Crippen molar-refractivity contribution < 1.29 is 9.59 Å². The molecule has 0 aliphatic heterocycles. The van der Waals surface area contributed by atoms with E-state index in [0.717, 1.165) is 10.8 Å². The first-order valence-corrected chi connectivity index (χ1v) is 8.08. The smallest absolute Gasteiger partial charge is 0.246 e. The highest BCUT2D eigenvalue weighted by atomic mass is 16.2. The standard InChI is InChI=1S/C18H23N5O2/c1-12(24)22-16(7-4-10-21-18(19)20)17(25)23-15-9-8-13-5-2-3-6-14(13)11-15/h2-3,5-6,8-9,11,16H,4,7,10H2,1H3,(H,22,24)(H,23,25)(H4,19,20,21)/t16-/m0/s1. The van der Waals surface area contributed by atoms with E-state index >= 15 is 0 Å². The fraction of sp³-hybridized carbons (Fsp3) is 0.278. The van der Waals surface area contributed by atoms with Crippen LogP contribution in [-0.2, 0) is 9.59 Å². The van der Waals surface area contributed by atoms with Gasteiger partial charge in [-0.15, -0.1) is 0 Å². The third-order valence-electron chi connectivity index (χ3n) is 3.66. The Bertz CT molecular complexity index is 784. The summed E-state index contributed by atoms with van der Waals surface area (Å²) < 4.78 is 0. The average Bonchev–Trinajstić information content (AvgIpc) is 2.57. The second-order valence-electron chi connectivity index (χ2n) is 5.75. The number of carbonyl (C=O) groups excluding carboxylic acids is 2. The van der Waals surface area contributed by atoms with Gasteiger partial charge in [-0.05, 0) is 35.7 Å². The SMILES string of the molecule is CC(=O)N[C@@H](CCCN=C(N)N)C(=O)Nc1ccc2ccccc2c1. The van der Waals surface area contributed by atoms with Gasteiger partial charge in [-0.1, -0.05) is 30.3 Å². The highest BCUT2D eigenvalue weighted by Gasteiger charge is 2.19. The van der Waals surface area contributed by atoms with E-state index in [1.165, 1.54) is 6.92 Å². The summed E-state index contributed by atoms with van der Waals surface area (Å²) in [6.45, 7) is 1.79. The van der Waals surface area contributed by atoms with Crippen molar-refractivity contribution in [3.05, 3.63) is 42.5 Å². The van der Waals surface area contributed by atoms with Crippen molar-refractivity contribution in [1.82, 2.24) is 5.32 Å². The van der Waals surface area contributed by atoms with E-state index in [9.17, 15) is 9.59 Å². The molecular weight excluding hydrogens is 318 g/mol. The number of nitrogens with one attached hydrogen (secondary N) is 2. The molecule has 0 bridgehead atoms. The Morgan fingerprint density at radius 3 is 2.52 bits per heavy atom. The number of aliphatic imine (C=N–C) groups is 1. The van der Waals surface area contributed by atoms with Gasteiger partial charge in [0.1, 0.15) is 6.04 Å². The minimum absolute atomic E-state index is 0.0108. The zero-order valence-electron chi connectivity index (χ0n) is 14.2. The molecule has 0 spiro atoms. The molecule has 6 N–H and O–H groups in total. The maximum Gasteiger partial charge on any atom is 0.246 e. The van der Waals surface area contributed by atoms with Crippen LogP contribution in [0.5, 0.6) is 0 Å². The monoisotopic (exact) mass is 341 g/mol. The minimum Gasteiger partial charge on any atom is -0.370 e. The highest BCUT2D eigenvalue weighted by molar-refractivity contribution is 5.98. The molecule has 25 heavy (non-hydrogen) atoms. The van der Waals surface area contributed by atoms with E-state index in [2.05, 4.69) is 15.6 Å². The molecule has 1 atom stereocenters. The fourth-order valence-corrected chi connectivity index (χ4v) is 2.51. The van der Waals surface area contributed by atoms with Crippen molar-refractivity contribution in [3.63, 3.8) is 0 Å². The second-order valence-corrected chi connectivity index (χ2v) is 5.75. The van der Waals surface area contributed by atoms with Crippen LogP contribution in [0.15, 0.2) is 47.5 Å². The molecule has 2 rings (SSSR count). The molecule has 0 aliphatic carbocycles. The van der Waals surface area contributed by atoms with E-state index in [4.69, 9.17) is 11.5 Å². The summed E-state index contributed by atoms with van der Waals surface area (Å²) >= 11 is 0. The Labute approximate surface area is 146 Å². The van der Waals surface area contributed by atoms with E-state index in [1.807, 2.05) is 42.5 Å². The number of fused-ring (bicyclic) bond motifs is 1. The zero-order valence-corrected chi connectivity index (χ0v) is 14.2. The number of amides is 2. The van der Waals surface area contributed by atoms with E-state index in [0.29, 0.717) is 25.1 Å². The van der Waals surface area contributed by atoms with Crippen molar-refractivity contribution in [1.29, 1.82) is 0 Å². The molecule has 0 radical (unpaired) electrons. The lowest BCUT2D eigenvalue weighted by Gasteiger charge is -2.17. The van der Waals surface area contributed by atoms with Gasteiger partial charge in [0.25, 0.3) is 0 Å². The Hall–Kier alpha value is -3.09. The second kappa shape index (κ2) is 8.68. The van der Waals surface area contributed by atoms with Crippen LogP contribution in [0.4, 0.5) is 5.69 Å². The summed E-state index contributed by atoms with van der Waals surface area (Å²) in [4.78, 5) is 27.8. The number of rotatable bonds is 7. The van der Waals surface area contributed by atoms with Crippen molar-refractivity contribution in [3.8, 4) is 0 Å². The third kappa shape index (κ3) is 5.80. The topological polar surface area (TPSA) is 123 Å². The molecule has 0 fully saturated rings. The number of hydrogen-bond acceptors (Lipinski definition) is 3. The first-order chi connectivity index (χ1) is 12.0. The third-order valence-corrected chi connectivity index (χ3v) is 3.66. The van der Waals surface area contributed by atoms with Crippen LogP contribution in [0, 0.1) is 0 Å². The maximum atomic E-state index is 12.5. The van der Waals surface area contributed by atoms with Crippen molar-refractivity contribution in [2.75, 3.05) is 11.9 Å². The van der Waals surface area contributed by atoms with E-state index < -0.39 is 6.04 Å². The summed E-state index contributed by atoms with van der Waals surface area (Å²) in [7, 11) is 0. The largest absolute Gasteiger partial charge is 0.370 e. The molecule has 0 aromatic heterocycles. The number of benzene rings is 2. The van der Waals surface area contributed by atoms with Gasteiger partial charge < -0.3 is 22.1 Å². The van der Waals surface area contributed by atoms with Crippen LogP contribution in [0.3, 0.4) is 0 Å². The molecule has 0 saturated carbocycles. The predicted molar refractivity (Wildman–Crippen MR) is 100 cm³/mol. The lowest BCUT2D eigenvalue weighted by atomic mass is 10.1. The summed E-state index contributed by atoms with van der Waals surface area (Å²) in [6, 6.07) is 12.9. The number of carbonyl (C=O) groups is 2. The number of guanidine groups is 1. The van der Waals surface area contributed by atoms with Crippen LogP contribution < -0.4 is 22.1 Å². The van der Waals surface area contributed by atoms with Gasteiger partial charge >= 0.3 is 0 Å². The number of anilines is 1. The maximum absolute atomic E-state index is 12.5. The van der Waals surface area contributed by atoms with Crippen molar-refractivity contribution in [2.45, 2.75) is 25.8 Å². The quantitative estimate of drug-likeness (QED) is 0.345. The molecule has 0 unspecified atom stereocenters. The Morgan fingerprint density at radius 1 is 1.12 bits per heavy atom. The van der Waals surface area contributed by atoms with Gasteiger partial charge in [0.05, 0.1) is 0 Å². The van der Waals surface area contributed by atoms with Gasteiger partial charge in [0, 0.05) is 19.2 Å². The van der Waals surface area contributed by atoms with Gasteiger partial charge in [-0.3, -0.25) is 14.6 Å². The van der Waals surface area contributed by atoms with Crippen LogP contribution in [0.25, 0.3) is 10.8 Å². The minimum atomic E-state index is -0.641. The van der Waals surface area contributed by atoms with Gasteiger partial charge in [0.2, 0.25) is 11.8 Å². The first-order valence-electron chi connectivity index (χ1n) is 8.08. The van der Waals surface area contributed by atoms with Gasteiger partial charge in [-0.2, -0.15) is 0 Å². The average molecular weight is 341 g/mol. The van der Waals surface area contributed by atoms with Gasteiger partial charge in [-0.25, -0.2) is 0 Å². The number of nitrogens with two attached hydrogens (primary N) is 2. The Morgan fingerprint density at radius 2 is 1.84 bits per heavy atom. The molecule has 2 aromatic rings.